The number of carboxylic acids is 1. The molecule has 1 aliphatic rings. The van der Waals surface area contributed by atoms with Gasteiger partial charge in [0.05, 0.1) is 12.7 Å². The number of carboxylic acid groups (broad SMARTS) is 1. The van der Waals surface area contributed by atoms with Crippen molar-refractivity contribution in [2.75, 3.05) is 13.7 Å². The first-order chi connectivity index (χ1) is 12.5. The van der Waals surface area contributed by atoms with Crippen molar-refractivity contribution in [3.8, 4) is 5.75 Å². The molecule has 2 aromatic carbocycles. The van der Waals surface area contributed by atoms with E-state index in [1.54, 1.807) is 6.07 Å². The van der Waals surface area contributed by atoms with Crippen LogP contribution in [-0.2, 0) is 11.2 Å². The molecule has 1 aliphatic carbocycles. The van der Waals surface area contributed by atoms with Crippen molar-refractivity contribution in [1.82, 2.24) is 5.32 Å². The molecule has 2 unspecified atom stereocenters. The van der Waals surface area contributed by atoms with E-state index < -0.39 is 5.97 Å². The summed E-state index contributed by atoms with van der Waals surface area (Å²) in [6.07, 6.45) is 1.41. The monoisotopic (exact) mass is 373 g/mol. The lowest BCUT2D eigenvalue weighted by atomic mass is 10.1. The molecule has 1 saturated carbocycles. The van der Waals surface area contributed by atoms with Crippen LogP contribution < -0.4 is 10.1 Å². The van der Waals surface area contributed by atoms with Crippen LogP contribution in [0.4, 0.5) is 0 Å². The van der Waals surface area contributed by atoms with Gasteiger partial charge in [-0.15, -0.1) is 0 Å². The standard InChI is InChI=1S/C20H20ClNO4/c1-26-18-10-14(20(24)25)6-5-12(18)7-8-22-19(23)17-11-16(17)13-3-2-4-15(21)9-13/h2-6,9-10,16-17H,7-8,11H2,1H3,(H,22,23)(H,24,25). The number of hydrogen-bond acceptors (Lipinski definition) is 3. The Morgan fingerprint density at radius 3 is 2.77 bits per heavy atom. The highest BCUT2D eigenvalue weighted by Gasteiger charge is 2.43. The number of hydrogen-bond donors (Lipinski definition) is 2. The highest BCUT2D eigenvalue weighted by Crippen LogP contribution is 2.47. The zero-order chi connectivity index (χ0) is 18.7. The summed E-state index contributed by atoms with van der Waals surface area (Å²) >= 11 is 6.01. The van der Waals surface area contributed by atoms with Gasteiger partial charge in [-0.3, -0.25) is 4.79 Å². The normalized spacial score (nSPS) is 18.2. The SMILES string of the molecule is COc1cc(C(=O)O)ccc1CCNC(=O)C1CC1c1cccc(Cl)c1. The lowest BCUT2D eigenvalue weighted by Crippen LogP contribution is -2.27. The van der Waals surface area contributed by atoms with Crippen LogP contribution in [0, 0.1) is 5.92 Å². The molecule has 2 aromatic rings. The van der Waals surface area contributed by atoms with Crippen molar-refractivity contribution in [2.24, 2.45) is 5.92 Å². The number of carbonyl (C=O) groups is 2. The second-order valence-corrected chi connectivity index (χ2v) is 6.81. The molecule has 0 radical (unpaired) electrons. The molecule has 0 heterocycles. The van der Waals surface area contributed by atoms with Crippen molar-refractivity contribution in [2.45, 2.75) is 18.8 Å². The fourth-order valence-electron chi connectivity index (χ4n) is 3.13. The molecule has 1 amide bonds. The van der Waals surface area contributed by atoms with Crippen LogP contribution in [0.2, 0.25) is 5.02 Å². The third-order valence-corrected chi connectivity index (χ3v) is 4.87. The molecule has 0 aliphatic heterocycles. The maximum absolute atomic E-state index is 12.3. The van der Waals surface area contributed by atoms with Crippen LogP contribution in [0.3, 0.4) is 0 Å². The average molecular weight is 374 g/mol. The molecule has 136 valence electrons. The molecule has 26 heavy (non-hydrogen) atoms. The average Bonchev–Trinajstić information content (AvgIpc) is 3.42. The summed E-state index contributed by atoms with van der Waals surface area (Å²) < 4.78 is 5.25. The van der Waals surface area contributed by atoms with Gasteiger partial charge in [0, 0.05) is 17.5 Å². The Bertz CT molecular complexity index is 836. The maximum Gasteiger partial charge on any atom is 0.335 e. The Hall–Kier alpha value is -2.53. The van der Waals surface area contributed by atoms with Gasteiger partial charge in [0.1, 0.15) is 5.75 Å². The van der Waals surface area contributed by atoms with E-state index in [1.165, 1.54) is 19.2 Å². The maximum atomic E-state index is 12.3. The molecule has 0 bridgehead atoms. The lowest BCUT2D eigenvalue weighted by Gasteiger charge is -2.10. The van der Waals surface area contributed by atoms with Gasteiger partial charge in [0.2, 0.25) is 5.91 Å². The third-order valence-electron chi connectivity index (χ3n) is 4.63. The number of carbonyl (C=O) groups excluding carboxylic acids is 1. The molecule has 5 nitrogen and oxygen atoms in total. The zero-order valence-electron chi connectivity index (χ0n) is 14.4. The summed E-state index contributed by atoms with van der Waals surface area (Å²) in [5, 5.41) is 12.7. The fraction of sp³-hybridized carbons (Fsp3) is 0.300. The first-order valence-electron chi connectivity index (χ1n) is 8.43. The van der Waals surface area contributed by atoms with Crippen LogP contribution >= 0.6 is 11.6 Å². The van der Waals surface area contributed by atoms with Gasteiger partial charge in [-0.1, -0.05) is 29.8 Å². The highest BCUT2D eigenvalue weighted by atomic mass is 35.5. The van der Waals surface area contributed by atoms with Gasteiger partial charge in [0.15, 0.2) is 0 Å². The molecule has 2 atom stereocenters. The molecule has 2 N–H and O–H groups in total. The molecule has 6 heteroatoms. The predicted octanol–water partition coefficient (Wildman–Crippen LogP) is 3.51. The van der Waals surface area contributed by atoms with E-state index in [0.717, 1.165) is 17.5 Å². The molecule has 0 aromatic heterocycles. The summed E-state index contributed by atoms with van der Waals surface area (Å²) in [5.74, 6) is -0.217. The highest BCUT2D eigenvalue weighted by molar-refractivity contribution is 6.30. The predicted molar refractivity (Wildman–Crippen MR) is 99.0 cm³/mol. The van der Waals surface area contributed by atoms with Crippen molar-refractivity contribution in [3.05, 3.63) is 64.2 Å². The van der Waals surface area contributed by atoms with Gasteiger partial charge in [-0.2, -0.15) is 0 Å². The second-order valence-electron chi connectivity index (χ2n) is 6.38. The Balaban J connectivity index is 1.53. The van der Waals surface area contributed by atoms with E-state index in [9.17, 15) is 9.59 Å². The van der Waals surface area contributed by atoms with Gasteiger partial charge in [-0.25, -0.2) is 4.79 Å². The number of aromatic carboxylic acids is 1. The first-order valence-corrected chi connectivity index (χ1v) is 8.80. The summed E-state index contributed by atoms with van der Waals surface area (Å²) in [4.78, 5) is 23.3. The minimum atomic E-state index is -0.996. The van der Waals surface area contributed by atoms with E-state index in [4.69, 9.17) is 21.4 Å². The van der Waals surface area contributed by atoms with Crippen LogP contribution in [0.25, 0.3) is 0 Å². The summed E-state index contributed by atoms with van der Waals surface area (Å²) in [6.45, 7) is 0.473. The zero-order valence-corrected chi connectivity index (χ0v) is 15.1. The molecular weight excluding hydrogens is 354 g/mol. The minimum absolute atomic E-state index is 0.00949. The Morgan fingerprint density at radius 1 is 1.27 bits per heavy atom. The smallest absolute Gasteiger partial charge is 0.335 e. The Labute approximate surface area is 156 Å². The number of benzene rings is 2. The Kier molecular flexibility index (Phi) is 5.47. The number of nitrogens with one attached hydrogen (secondary N) is 1. The van der Waals surface area contributed by atoms with Crippen molar-refractivity contribution in [3.63, 3.8) is 0 Å². The summed E-state index contributed by atoms with van der Waals surface area (Å²) in [7, 11) is 1.50. The van der Waals surface area contributed by atoms with E-state index >= 15 is 0 Å². The van der Waals surface area contributed by atoms with Gasteiger partial charge in [-0.05, 0) is 54.2 Å². The van der Waals surface area contributed by atoms with Crippen molar-refractivity contribution >= 4 is 23.5 Å². The van der Waals surface area contributed by atoms with Gasteiger partial charge in [0.25, 0.3) is 0 Å². The molecule has 1 fully saturated rings. The van der Waals surface area contributed by atoms with E-state index in [2.05, 4.69) is 5.32 Å². The molecular formula is C20H20ClNO4. The largest absolute Gasteiger partial charge is 0.496 e. The summed E-state index contributed by atoms with van der Waals surface area (Å²) in [5.41, 5.74) is 2.14. The number of amides is 1. The number of ether oxygens (including phenoxy) is 1. The molecule has 0 saturated heterocycles. The van der Waals surface area contributed by atoms with Crippen LogP contribution in [0.5, 0.6) is 5.75 Å². The van der Waals surface area contributed by atoms with E-state index in [1.807, 2.05) is 24.3 Å². The van der Waals surface area contributed by atoms with Crippen molar-refractivity contribution < 1.29 is 19.4 Å². The van der Waals surface area contributed by atoms with Crippen LogP contribution in [0.15, 0.2) is 42.5 Å². The molecule has 3 rings (SSSR count). The number of methoxy groups -OCH3 is 1. The lowest BCUT2D eigenvalue weighted by molar-refractivity contribution is -0.122. The second kappa shape index (κ2) is 7.79. The topological polar surface area (TPSA) is 75.6 Å². The first kappa shape index (κ1) is 18.3. The quantitative estimate of drug-likeness (QED) is 0.778. The van der Waals surface area contributed by atoms with Crippen LogP contribution in [-0.4, -0.2) is 30.6 Å². The van der Waals surface area contributed by atoms with E-state index in [-0.39, 0.29) is 23.3 Å². The van der Waals surface area contributed by atoms with E-state index in [0.29, 0.717) is 23.7 Å². The van der Waals surface area contributed by atoms with Gasteiger partial charge >= 0.3 is 5.97 Å². The number of halogens is 1. The van der Waals surface area contributed by atoms with Crippen LogP contribution in [0.1, 0.15) is 33.8 Å². The number of rotatable bonds is 7. The van der Waals surface area contributed by atoms with Crippen molar-refractivity contribution in [1.29, 1.82) is 0 Å². The fourth-order valence-corrected chi connectivity index (χ4v) is 3.32. The Morgan fingerprint density at radius 2 is 2.08 bits per heavy atom. The third kappa shape index (κ3) is 4.17. The minimum Gasteiger partial charge on any atom is -0.496 e. The molecule has 0 spiro atoms. The summed E-state index contributed by atoms with van der Waals surface area (Å²) in [6, 6.07) is 12.4. The van der Waals surface area contributed by atoms with Gasteiger partial charge < -0.3 is 15.2 Å².